The number of aliphatic hydroxyl groups is 4. The Kier molecular flexibility index (Phi) is 4.90. The van der Waals surface area contributed by atoms with Gasteiger partial charge in [0.1, 0.15) is 0 Å². The number of benzene rings is 2. The van der Waals surface area contributed by atoms with Gasteiger partial charge in [0, 0.05) is 22.3 Å². The number of rotatable bonds is 5. The minimum Gasteiger partial charge on any atom is -0.478 e. The maximum atomic E-state index is 13.1. The van der Waals surface area contributed by atoms with Gasteiger partial charge in [0.05, 0.1) is 32.0 Å². The second-order valence-electron chi connectivity index (χ2n) is 6.09. The molecule has 0 bridgehead atoms. The molecule has 0 aliphatic heterocycles. The van der Waals surface area contributed by atoms with Gasteiger partial charge in [-0.1, -0.05) is 6.07 Å². The molecule has 0 saturated carbocycles. The zero-order valence-electron chi connectivity index (χ0n) is 14.0. The Morgan fingerprint density at radius 2 is 1.41 bits per heavy atom. The lowest BCUT2D eigenvalue weighted by atomic mass is 9.76. The molecule has 5 N–H and O–H groups in total. The first-order chi connectivity index (χ1) is 12.9. The summed E-state index contributed by atoms with van der Waals surface area (Å²) in [6.45, 7) is -2.31. The van der Waals surface area contributed by atoms with E-state index in [0.717, 1.165) is 6.07 Å². The summed E-state index contributed by atoms with van der Waals surface area (Å²) in [4.78, 5) is 37.8. The molecule has 0 fully saturated rings. The molecule has 140 valence electrons. The number of carboxylic acid groups (broad SMARTS) is 1. The van der Waals surface area contributed by atoms with Gasteiger partial charge in [-0.3, -0.25) is 9.59 Å². The number of carbonyl (C=O) groups is 3. The van der Waals surface area contributed by atoms with Crippen LogP contribution in [0.15, 0.2) is 18.2 Å². The Hall–Kier alpha value is -2.91. The molecule has 0 atom stereocenters. The molecule has 0 saturated heterocycles. The van der Waals surface area contributed by atoms with Crippen LogP contribution in [0.1, 0.15) is 64.5 Å². The number of aliphatic hydroxyl groups excluding tert-OH is 4. The molecular weight excluding hydrogens is 356 g/mol. The van der Waals surface area contributed by atoms with Crippen LogP contribution >= 0.6 is 0 Å². The summed E-state index contributed by atoms with van der Waals surface area (Å²) < 4.78 is 0. The zero-order valence-corrected chi connectivity index (χ0v) is 14.0. The van der Waals surface area contributed by atoms with E-state index in [-0.39, 0.29) is 44.5 Å². The van der Waals surface area contributed by atoms with Gasteiger partial charge in [-0.25, -0.2) is 4.79 Å². The van der Waals surface area contributed by atoms with Crippen molar-refractivity contribution < 1.29 is 39.9 Å². The summed E-state index contributed by atoms with van der Waals surface area (Å²) in [5, 5.41) is 47.7. The lowest BCUT2D eigenvalue weighted by molar-refractivity contribution is 0.0692. The molecule has 1 aliphatic carbocycles. The molecule has 0 radical (unpaired) electrons. The first-order valence-corrected chi connectivity index (χ1v) is 8.00. The van der Waals surface area contributed by atoms with Crippen LogP contribution in [0.3, 0.4) is 0 Å². The van der Waals surface area contributed by atoms with Crippen LogP contribution in [0.4, 0.5) is 0 Å². The van der Waals surface area contributed by atoms with E-state index in [9.17, 15) is 39.9 Å². The van der Waals surface area contributed by atoms with Crippen LogP contribution < -0.4 is 0 Å². The molecule has 0 amide bonds. The molecule has 1 aliphatic rings. The first kappa shape index (κ1) is 18.9. The Labute approximate surface area is 152 Å². The van der Waals surface area contributed by atoms with Gasteiger partial charge in [0.25, 0.3) is 0 Å². The van der Waals surface area contributed by atoms with Crippen LogP contribution in [-0.2, 0) is 26.4 Å². The maximum absolute atomic E-state index is 13.1. The minimum absolute atomic E-state index is 0.0416. The summed E-state index contributed by atoms with van der Waals surface area (Å²) >= 11 is 0. The predicted octanol–water partition coefficient (Wildman–Crippen LogP) is 0.129. The maximum Gasteiger partial charge on any atom is 0.336 e. The summed E-state index contributed by atoms with van der Waals surface area (Å²) in [5.74, 6) is -2.93. The van der Waals surface area contributed by atoms with Crippen molar-refractivity contribution in [1.82, 2.24) is 0 Å². The fourth-order valence-corrected chi connectivity index (χ4v) is 3.44. The lowest BCUT2D eigenvalue weighted by Crippen LogP contribution is -2.28. The van der Waals surface area contributed by atoms with Gasteiger partial charge in [-0.15, -0.1) is 0 Å². The van der Waals surface area contributed by atoms with Crippen molar-refractivity contribution in [3.63, 3.8) is 0 Å². The fraction of sp³-hybridized carbons (Fsp3) is 0.211. The minimum atomic E-state index is -1.44. The van der Waals surface area contributed by atoms with Crippen molar-refractivity contribution in [2.24, 2.45) is 0 Å². The van der Waals surface area contributed by atoms with Gasteiger partial charge in [-0.2, -0.15) is 0 Å². The molecule has 2 aromatic rings. The molecule has 0 spiro atoms. The SMILES string of the molecule is O=C(O)c1cc(CO)cc2c1C(=O)c1c(CO)cc(CO)c(CO)c1C2=O. The Balaban J connectivity index is 2.44. The molecule has 8 nitrogen and oxygen atoms in total. The number of carboxylic acids is 1. The highest BCUT2D eigenvalue weighted by molar-refractivity contribution is 6.31. The number of hydrogen-bond acceptors (Lipinski definition) is 7. The van der Waals surface area contributed by atoms with E-state index in [1.807, 2.05) is 0 Å². The number of hydrogen-bond donors (Lipinski definition) is 5. The van der Waals surface area contributed by atoms with E-state index in [2.05, 4.69) is 0 Å². The van der Waals surface area contributed by atoms with E-state index in [1.165, 1.54) is 12.1 Å². The third-order valence-corrected chi connectivity index (χ3v) is 4.64. The normalized spacial score (nSPS) is 12.7. The fourth-order valence-electron chi connectivity index (χ4n) is 3.44. The summed E-state index contributed by atoms with van der Waals surface area (Å²) in [7, 11) is 0. The molecular formula is C19H16O8. The lowest BCUT2D eigenvalue weighted by Gasteiger charge is -2.25. The zero-order chi connectivity index (χ0) is 19.9. The molecule has 27 heavy (non-hydrogen) atoms. The van der Waals surface area contributed by atoms with Crippen molar-refractivity contribution in [2.45, 2.75) is 26.4 Å². The van der Waals surface area contributed by atoms with Gasteiger partial charge in [-0.05, 0) is 34.4 Å². The van der Waals surface area contributed by atoms with Gasteiger partial charge < -0.3 is 25.5 Å². The summed E-state index contributed by atoms with van der Waals surface area (Å²) in [6, 6.07) is 3.66. The number of fused-ring (bicyclic) bond motifs is 2. The largest absolute Gasteiger partial charge is 0.478 e. The van der Waals surface area contributed by atoms with Crippen molar-refractivity contribution >= 4 is 17.5 Å². The summed E-state index contributed by atoms with van der Waals surface area (Å²) in [6.07, 6.45) is 0. The van der Waals surface area contributed by atoms with E-state index >= 15 is 0 Å². The van der Waals surface area contributed by atoms with Gasteiger partial charge in [0.2, 0.25) is 0 Å². The predicted molar refractivity (Wildman–Crippen MR) is 90.4 cm³/mol. The van der Waals surface area contributed by atoms with E-state index in [0.29, 0.717) is 0 Å². The second kappa shape index (κ2) is 7.01. The average Bonchev–Trinajstić information content (AvgIpc) is 2.68. The van der Waals surface area contributed by atoms with E-state index in [1.54, 1.807) is 0 Å². The van der Waals surface area contributed by atoms with Crippen molar-refractivity contribution in [3.8, 4) is 0 Å². The Morgan fingerprint density at radius 3 is 1.93 bits per heavy atom. The van der Waals surface area contributed by atoms with E-state index < -0.39 is 49.5 Å². The molecule has 3 rings (SSSR count). The monoisotopic (exact) mass is 372 g/mol. The molecule has 2 aromatic carbocycles. The molecule has 0 unspecified atom stereocenters. The topological polar surface area (TPSA) is 152 Å². The van der Waals surface area contributed by atoms with Gasteiger partial charge >= 0.3 is 5.97 Å². The van der Waals surface area contributed by atoms with Crippen molar-refractivity contribution in [3.05, 3.63) is 68.3 Å². The molecule has 8 heteroatoms. The highest BCUT2D eigenvalue weighted by Crippen LogP contribution is 2.36. The smallest absolute Gasteiger partial charge is 0.336 e. The number of ketones is 2. The van der Waals surface area contributed by atoms with Crippen LogP contribution in [0.2, 0.25) is 0 Å². The third-order valence-electron chi connectivity index (χ3n) is 4.64. The van der Waals surface area contributed by atoms with Crippen LogP contribution in [0.25, 0.3) is 0 Å². The standard InChI is InChI=1S/C19H16O8/c20-4-8-1-11-15(12(2-8)19(26)27)18(25)14-10(6-22)3-9(5-21)13(7-23)16(14)17(11)24/h1-3,20-23H,4-7H2,(H,26,27). The number of carbonyl (C=O) groups excluding carboxylic acids is 2. The highest BCUT2D eigenvalue weighted by atomic mass is 16.4. The quantitative estimate of drug-likeness (QED) is 0.424. The highest BCUT2D eigenvalue weighted by Gasteiger charge is 2.37. The van der Waals surface area contributed by atoms with Crippen molar-refractivity contribution in [1.29, 1.82) is 0 Å². The second-order valence-corrected chi connectivity index (χ2v) is 6.09. The molecule has 0 heterocycles. The number of aromatic carboxylic acids is 1. The Morgan fingerprint density at radius 1 is 0.741 bits per heavy atom. The average molecular weight is 372 g/mol. The Bertz CT molecular complexity index is 990. The van der Waals surface area contributed by atoms with E-state index in [4.69, 9.17) is 0 Å². The van der Waals surface area contributed by atoms with Crippen molar-refractivity contribution in [2.75, 3.05) is 0 Å². The van der Waals surface area contributed by atoms with Crippen LogP contribution in [-0.4, -0.2) is 43.1 Å². The van der Waals surface area contributed by atoms with Crippen LogP contribution in [0.5, 0.6) is 0 Å². The first-order valence-electron chi connectivity index (χ1n) is 8.00. The molecule has 0 aromatic heterocycles. The summed E-state index contributed by atoms with van der Waals surface area (Å²) in [5.41, 5.74) is -0.895. The van der Waals surface area contributed by atoms with Gasteiger partial charge in [0.15, 0.2) is 11.6 Å². The third kappa shape index (κ3) is 2.75. The van der Waals surface area contributed by atoms with Crippen LogP contribution in [0, 0.1) is 0 Å².